The van der Waals surface area contributed by atoms with Crippen molar-refractivity contribution >= 4 is 17.3 Å². The van der Waals surface area contributed by atoms with Crippen LogP contribution in [0.5, 0.6) is 23.0 Å². The van der Waals surface area contributed by atoms with Gasteiger partial charge in [-0.2, -0.15) is 0 Å². The number of anilines is 1. The van der Waals surface area contributed by atoms with E-state index >= 15 is 0 Å². The Morgan fingerprint density at radius 2 is 1.24 bits per heavy atom. The molecule has 0 aromatic heterocycles. The normalized spacial score (nSPS) is 11.1. The molecule has 37 heavy (non-hydrogen) atoms. The Bertz CT molecular complexity index is 1390. The van der Waals surface area contributed by atoms with E-state index in [1.807, 2.05) is 43.4 Å². The Morgan fingerprint density at radius 1 is 0.649 bits per heavy atom. The molecule has 0 fully saturated rings. The largest absolute Gasteiger partial charge is 0.493 e. The Labute approximate surface area is 219 Å². The summed E-state index contributed by atoms with van der Waals surface area (Å²) in [5, 5.41) is 3.25. The molecule has 0 aliphatic carbocycles. The maximum atomic E-state index is 5.80. The zero-order valence-corrected chi connectivity index (χ0v) is 22.2. The first kappa shape index (κ1) is 25.7. The lowest BCUT2D eigenvalue weighted by Crippen LogP contribution is -1.98. The topological polar surface area (TPSA) is 49.0 Å². The van der Waals surface area contributed by atoms with Crippen molar-refractivity contribution < 1.29 is 18.9 Å². The molecular formula is C32H33NO4. The Balaban J connectivity index is 1.80. The molecule has 0 amide bonds. The average Bonchev–Trinajstić information content (AvgIpc) is 2.96. The number of benzene rings is 4. The van der Waals surface area contributed by atoms with Gasteiger partial charge in [0, 0.05) is 29.9 Å². The van der Waals surface area contributed by atoms with Gasteiger partial charge in [-0.05, 0) is 59.0 Å². The zero-order valence-electron chi connectivity index (χ0n) is 22.2. The quantitative estimate of drug-likeness (QED) is 0.242. The van der Waals surface area contributed by atoms with Crippen LogP contribution in [0.4, 0.5) is 5.69 Å². The highest BCUT2D eigenvalue weighted by Crippen LogP contribution is 2.42. The first-order chi connectivity index (χ1) is 18.0. The third-order valence-corrected chi connectivity index (χ3v) is 6.43. The zero-order chi connectivity index (χ0) is 26.4. The number of nitrogens with one attached hydrogen (secondary N) is 1. The summed E-state index contributed by atoms with van der Waals surface area (Å²) in [7, 11) is 8.50. The average molecular weight is 496 g/mol. The highest BCUT2D eigenvalue weighted by molar-refractivity contribution is 5.89. The summed E-state index contributed by atoms with van der Waals surface area (Å²) in [6.45, 7) is 2.08. The van der Waals surface area contributed by atoms with Gasteiger partial charge in [-0.25, -0.2) is 0 Å². The van der Waals surface area contributed by atoms with E-state index < -0.39 is 0 Å². The molecular weight excluding hydrogens is 462 g/mol. The van der Waals surface area contributed by atoms with E-state index in [1.54, 1.807) is 28.4 Å². The number of methoxy groups -OCH3 is 4. The second kappa shape index (κ2) is 11.6. The summed E-state index contributed by atoms with van der Waals surface area (Å²) in [5.41, 5.74) is 8.37. The van der Waals surface area contributed by atoms with Crippen LogP contribution < -0.4 is 24.3 Å². The van der Waals surface area contributed by atoms with Crippen LogP contribution in [-0.2, 0) is 0 Å². The van der Waals surface area contributed by atoms with E-state index in [0.717, 1.165) is 39.1 Å². The van der Waals surface area contributed by atoms with Crippen molar-refractivity contribution in [3.63, 3.8) is 0 Å². The van der Waals surface area contributed by atoms with E-state index in [1.165, 1.54) is 5.56 Å². The van der Waals surface area contributed by atoms with Gasteiger partial charge in [0.25, 0.3) is 0 Å². The molecule has 0 atom stereocenters. The Morgan fingerprint density at radius 3 is 1.84 bits per heavy atom. The van der Waals surface area contributed by atoms with Crippen LogP contribution in [0.15, 0.2) is 78.9 Å². The fraction of sp³-hybridized carbons (Fsp3) is 0.188. The van der Waals surface area contributed by atoms with E-state index in [0.29, 0.717) is 23.0 Å². The molecule has 0 aliphatic heterocycles. The van der Waals surface area contributed by atoms with Crippen LogP contribution >= 0.6 is 0 Å². The van der Waals surface area contributed by atoms with Gasteiger partial charge >= 0.3 is 0 Å². The standard InChI is InChI=1S/C32H33NO4/c1-21(16-26-19-29(34-3)30(35-4)20-28(26)33-2)25-17-27(32(37-6)31(18-25)36-5)24-14-12-23(13-15-24)22-10-8-7-9-11-22/h7-20,33H,1-6H3/b21-16+. The van der Waals surface area contributed by atoms with E-state index in [9.17, 15) is 0 Å². The molecule has 0 saturated carbocycles. The fourth-order valence-corrected chi connectivity index (χ4v) is 4.43. The first-order valence-electron chi connectivity index (χ1n) is 12.1. The molecule has 0 unspecified atom stereocenters. The van der Waals surface area contributed by atoms with Crippen molar-refractivity contribution in [2.75, 3.05) is 40.8 Å². The number of allylic oxidation sites excluding steroid dienone is 1. The molecule has 0 heterocycles. The van der Waals surface area contributed by atoms with E-state index in [2.05, 4.69) is 60.8 Å². The molecule has 5 heteroatoms. The highest BCUT2D eigenvalue weighted by Gasteiger charge is 2.16. The monoisotopic (exact) mass is 495 g/mol. The number of hydrogen-bond donors (Lipinski definition) is 1. The van der Waals surface area contributed by atoms with Gasteiger partial charge in [0.2, 0.25) is 0 Å². The summed E-state index contributed by atoms with van der Waals surface area (Å²) >= 11 is 0. The smallest absolute Gasteiger partial charge is 0.168 e. The number of ether oxygens (including phenoxy) is 4. The van der Waals surface area contributed by atoms with Crippen molar-refractivity contribution in [1.29, 1.82) is 0 Å². The molecule has 0 bridgehead atoms. The second-order valence-corrected chi connectivity index (χ2v) is 8.57. The maximum absolute atomic E-state index is 5.80. The lowest BCUT2D eigenvalue weighted by Gasteiger charge is -2.17. The van der Waals surface area contributed by atoms with Gasteiger partial charge < -0.3 is 24.3 Å². The molecule has 4 rings (SSSR count). The summed E-state index contributed by atoms with van der Waals surface area (Å²) in [6.07, 6.45) is 2.12. The summed E-state index contributed by atoms with van der Waals surface area (Å²) in [4.78, 5) is 0. The van der Waals surface area contributed by atoms with Gasteiger partial charge in [0.15, 0.2) is 23.0 Å². The lowest BCUT2D eigenvalue weighted by molar-refractivity contribution is 0.355. The molecule has 0 aliphatic rings. The van der Waals surface area contributed by atoms with Crippen LogP contribution in [0, 0.1) is 0 Å². The molecule has 0 radical (unpaired) electrons. The van der Waals surface area contributed by atoms with Crippen molar-refractivity contribution in [1.82, 2.24) is 0 Å². The van der Waals surface area contributed by atoms with Crippen LogP contribution in [-0.4, -0.2) is 35.5 Å². The molecule has 0 spiro atoms. The summed E-state index contributed by atoms with van der Waals surface area (Å²) in [6, 6.07) is 26.9. The third kappa shape index (κ3) is 5.41. The van der Waals surface area contributed by atoms with E-state index in [-0.39, 0.29) is 0 Å². The second-order valence-electron chi connectivity index (χ2n) is 8.57. The maximum Gasteiger partial charge on any atom is 0.168 e. The van der Waals surface area contributed by atoms with Gasteiger partial charge in [-0.15, -0.1) is 0 Å². The summed E-state index contributed by atoms with van der Waals surface area (Å²) in [5.74, 6) is 2.73. The van der Waals surface area contributed by atoms with Crippen LogP contribution in [0.1, 0.15) is 18.1 Å². The molecule has 190 valence electrons. The summed E-state index contributed by atoms with van der Waals surface area (Å²) < 4.78 is 22.5. The Kier molecular flexibility index (Phi) is 8.04. The predicted molar refractivity (Wildman–Crippen MR) is 153 cm³/mol. The third-order valence-electron chi connectivity index (χ3n) is 6.43. The fourth-order valence-electron chi connectivity index (χ4n) is 4.43. The van der Waals surface area contributed by atoms with Crippen molar-refractivity contribution in [2.45, 2.75) is 6.92 Å². The minimum absolute atomic E-state index is 0.673. The molecule has 1 N–H and O–H groups in total. The van der Waals surface area contributed by atoms with Gasteiger partial charge in [-0.3, -0.25) is 0 Å². The van der Waals surface area contributed by atoms with Crippen LogP contribution in [0.2, 0.25) is 0 Å². The van der Waals surface area contributed by atoms with Crippen molar-refractivity contribution in [3.8, 4) is 45.3 Å². The van der Waals surface area contributed by atoms with Crippen molar-refractivity contribution in [2.24, 2.45) is 0 Å². The van der Waals surface area contributed by atoms with Crippen molar-refractivity contribution in [3.05, 3.63) is 90.0 Å². The van der Waals surface area contributed by atoms with Crippen LogP contribution in [0.25, 0.3) is 33.9 Å². The molecule has 4 aromatic carbocycles. The minimum Gasteiger partial charge on any atom is -0.493 e. The predicted octanol–water partition coefficient (Wildman–Crippen LogP) is 7.66. The van der Waals surface area contributed by atoms with E-state index in [4.69, 9.17) is 18.9 Å². The Hall–Kier alpha value is -4.38. The molecule has 4 aromatic rings. The molecule has 5 nitrogen and oxygen atoms in total. The first-order valence-corrected chi connectivity index (χ1v) is 12.1. The van der Waals surface area contributed by atoms with Gasteiger partial charge in [0.05, 0.1) is 28.4 Å². The van der Waals surface area contributed by atoms with Gasteiger partial charge in [0.1, 0.15) is 0 Å². The SMILES string of the molecule is CNc1cc(OC)c(OC)cc1/C=C(\C)c1cc(OC)c(OC)c(-c2ccc(-c3ccccc3)cc2)c1. The highest BCUT2D eigenvalue weighted by atomic mass is 16.5. The number of rotatable bonds is 9. The van der Waals surface area contributed by atoms with Crippen LogP contribution in [0.3, 0.4) is 0 Å². The molecule has 0 saturated heterocycles. The minimum atomic E-state index is 0.673. The number of hydrogen-bond acceptors (Lipinski definition) is 5. The van der Waals surface area contributed by atoms with Gasteiger partial charge in [-0.1, -0.05) is 54.6 Å². The lowest BCUT2D eigenvalue weighted by atomic mass is 9.95.